The Labute approximate surface area is 148 Å². The third-order valence-electron chi connectivity index (χ3n) is 4.31. The minimum atomic E-state index is 0.949. The van der Waals surface area contributed by atoms with E-state index in [1.54, 1.807) is 0 Å². The molecule has 0 atom stereocenters. The van der Waals surface area contributed by atoms with Crippen molar-refractivity contribution in [2.45, 2.75) is 34.1 Å². The molecule has 0 amide bonds. The Morgan fingerprint density at radius 1 is 1.09 bits per heavy atom. The Morgan fingerprint density at radius 2 is 1.78 bits per heavy atom. The highest BCUT2D eigenvalue weighted by molar-refractivity contribution is 9.10. The first-order valence-electron chi connectivity index (χ1n) is 8.01. The van der Waals surface area contributed by atoms with Gasteiger partial charge in [-0.25, -0.2) is 4.99 Å². The van der Waals surface area contributed by atoms with Crippen molar-refractivity contribution < 1.29 is 0 Å². The summed E-state index contributed by atoms with van der Waals surface area (Å²) in [5.74, 6) is 0. The van der Waals surface area contributed by atoms with Gasteiger partial charge in [0.15, 0.2) is 0 Å². The van der Waals surface area contributed by atoms with E-state index in [0.717, 1.165) is 23.1 Å². The number of aryl methyl sites for hydroxylation is 2. The van der Waals surface area contributed by atoms with Crippen LogP contribution in [0.25, 0.3) is 0 Å². The predicted molar refractivity (Wildman–Crippen MR) is 104 cm³/mol. The van der Waals surface area contributed by atoms with Crippen molar-refractivity contribution in [2.24, 2.45) is 4.99 Å². The van der Waals surface area contributed by atoms with Crippen molar-refractivity contribution in [1.82, 2.24) is 4.90 Å². The third kappa shape index (κ3) is 4.23. The van der Waals surface area contributed by atoms with Gasteiger partial charge in [-0.1, -0.05) is 30.3 Å². The summed E-state index contributed by atoms with van der Waals surface area (Å²) in [6.07, 6.45) is 2.85. The van der Waals surface area contributed by atoms with E-state index in [1.807, 2.05) is 13.4 Å². The zero-order valence-electron chi connectivity index (χ0n) is 14.7. The van der Waals surface area contributed by atoms with E-state index in [9.17, 15) is 0 Å². The summed E-state index contributed by atoms with van der Waals surface area (Å²) in [7, 11) is 2.03. The first kappa shape index (κ1) is 17.7. The number of hydrogen-bond acceptors (Lipinski definition) is 1. The molecule has 0 unspecified atom stereocenters. The van der Waals surface area contributed by atoms with Gasteiger partial charge in [0.25, 0.3) is 0 Å². The number of nitrogens with zero attached hydrogens (tertiary/aromatic N) is 2. The second-order valence-corrected chi connectivity index (χ2v) is 6.85. The van der Waals surface area contributed by atoms with Crippen molar-refractivity contribution in [2.75, 3.05) is 13.6 Å². The summed E-state index contributed by atoms with van der Waals surface area (Å²) >= 11 is 3.75. The number of rotatable bonds is 5. The van der Waals surface area contributed by atoms with E-state index in [2.05, 4.69) is 83.8 Å². The van der Waals surface area contributed by atoms with E-state index >= 15 is 0 Å². The van der Waals surface area contributed by atoms with Gasteiger partial charge in [0.2, 0.25) is 0 Å². The summed E-state index contributed by atoms with van der Waals surface area (Å²) in [4.78, 5) is 6.73. The highest BCUT2D eigenvalue weighted by atomic mass is 79.9. The van der Waals surface area contributed by atoms with E-state index in [-0.39, 0.29) is 0 Å². The van der Waals surface area contributed by atoms with Crippen molar-refractivity contribution in [3.63, 3.8) is 0 Å². The molecule has 2 nitrogen and oxygen atoms in total. The molecule has 0 spiro atoms. The van der Waals surface area contributed by atoms with E-state index < -0.39 is 0 Å². The molecule has 0 aliphatic rings. The lowest BCUT2D eigenvalue weighted by atomic mass is 9.95. The minimum Gasteiger partial charge on any atom is -0.366 e. The number of hydrogen-bond donors (Lipinski definition) is 0. The third-order valence-corrected chi connectivity index (χ3v) is 5.28. The summed E-state index contributed by atoms with van der Waals surface area (Å²) in [5.41, 5.74) is 7.57. The molecule has 0 aliphatic heterocycles. The average molecular weight is 373 g/mol. The molecule has 2 aromatic rings. The summed E-state index contributed by atoms with van der Waals surface area (Å²) in [5, 5.41) is 0. The van der Waals surface area contributed by atoms with Crippen LogP contribution >= 0.6 is 15.9 Å². The van der Waals surface area contributed by atoms with E-state index in [1.165, 1.54) is 27.8 Å². The Morgan fingerprint density at radius 3 is 2.43 bits per heavy atom. The molecule has 2 aromatic carbocycles. The lowest BCUT2D eigenvalue weighted by molar-refractivity contribution is 0.552. The van der Waals surface area contributed by atoms with Crippen molar-refractivity contribution in [3.05, 3.63) is 62.6 Å². The summed E-state index contributed by atoms with van der Waals surface area (Å²) in [6.45, 7) is 9.53. The lowest BCUT2D eigenvalue weighted by Crippen LogP contribution is -2.14. The smallest absolute Gasteiger partial charge is 0.0910 e. The van der Waals surface area contributed by atoms with Gasteiger partial charge in [0.05, 0.1) is 12.0 Å². The molecule has 3 heteroatoms. The van der Waals surface area contributed by atoms with E-state index in [4.69, 9.17) is 0 Å². The lowest BCUT2D eigenvalue weighted by Gasteiger charge is -2.15. The molecule has 0 saturated carbocycles. The van der Waals surface area contributed by atoms with E-state index in [0.29, 0.717) is 0 Å². The van der Waals surface area contributed by atoms with Crippen LogP contribution < -0.4 is 0 Å². The fourth-order valence-corrected chi connectivity index (χ4v) is 3.19. The fraction of sp³-hybridized carbons (Fsp3) is 0.350. The van der Waals surface area contributed by atoms with Gasteiger partial charge in [0.1, 0.15) is 0 Å². The maximum atomic E-state index is 4.66. The molecule has 0 aromatic heterocycles. The molecule has 122 valence electrons. The SMILES string of the molecule is CCN(C)/C=N\c1c(C)cc(Cc2ccccc2C)c(C)c1Br. The van der Waals surface area contributed by atoms with Crippen LogP contribution in [0.5, 0.6) is 0 Å². The number of aliphatic imine (C=N–C) groups is 1. The van der Waals surface area contributed by atoms with Crippen LogP contribution in [0.2, 0.25) is 0 Å². The van der Waals surface area contributed by atoms with Crippen LogP contribution in [0.3, 0.4) is 0 Å². The molecular weight excluding hydrogens is 348 g/mol. The second-order valence-electron chi connectivity index (χ2n) is 6.06. The summed E-state index contributed by atoms with van der Waals surface area (Å²) < 4.78 is 1.10. The standard InChI is InChI=1S/C20H25BrN2/c1-6-23(5)13-22-20-15(3)11-18(16(4)19(20)21)12-17-10-8-7-9-14(17)2/h7-11,13H,6,12H2,1-5H3/b22-13-. The van der Waals surface area contributed by atoms with Crippen LogP contribution in [0, 0.1) is 20.8 Å². The van der Waals surface area contributed by atoms with Crippen LogP contribution in [-0.4, -0.2) is 24.8 Å². The van der Waals surface area contributed by atoms with Crippen LogP contribution in [-0.2, 0) is 6.42 Å². The topological polar surface area (TPSA) is 15.6 Å². The van der Waals surface area contributed by atoms with Crippen molar-refractivity contribution in [1.29, 1.82) is 0 Å². The first-order chi connectivity index (χ1) is 10.9. The molecule has 2 rings (SSSR count). The molecule has 0 bridgehead atoms. The maximum absolute atomic E-state index is 4.66. The number of benzene rings is 2. The zero-order chi connectivity index (χ0) is 17.0. The largest absolute Gasteiger partial charge is 0.366 e. The van der Waals surface area contributed by atoms with Gasteiger partial charge in [-0.2, -0.15) is 0 Å². The van der Waals surface area contributed by atoms with Crippen LogP contribution in [0.15, 0.2) is 39.8 Å². The molecule has 0 radical (unpaired) electrons. The van der Waals surface area contributed by atoms with Crippen LogP contribution in [0.4, 0.5) is 5.69 Å². The van der Waals surface area contributed by atoms with Gasteiger partial charge in [0, 0.05) is 18.1 Å². The quantitative estimate of drug-likeness (QED) is 0.494. The minimum absolute atomic E-state index is 0.949. The van der Waals surface area contributed by atoms with Crippen LogP contribution in [0.1, 0.15) is 34.7 Å². The predicted octanol–water partition coefficient (Wildman–Crippen LogP) is 5.58. The Bertz CT molecular complexity index is 720. The van der Waals surface area contributed by atoms with Gasteiger partial charge in [-0.15, -0.1) is 0 Å². The Hall–Kier alpha value is -1.61. The second kappa shape index (κ2) is 7.78. The van der Waals surface area contributed by atoms with Crippen molar-refractivity contribution in [3.8, 4) is 0 Å². The molecule has 0 fully saturated rings. The molecule has 0 saturated heterocycles. The zero-order valence-corrected chi connectivity index (χ0v) is 16.2. The van der Waals surface area contributed by atoms with Gasteiger partial charge < -0.3 is 4.90 Å². The molecule has 0 aliphatic carbocycles. The highest BCUT2D eigenvalue weighted by Gasteiger charge is 2.12. The normalized spacial score (nSPS) is 11.2. The summed E-state index contributed by atoms with van der Waals surface area (Å²) in [6, 6.07) is 10.9. The monoisotopic (exact) mass is 372 g/mol. The van der Waals surface area contributed by atoms with Crippen molar-refractivity contribution >= 4 is 28.0 Å². The first-order valence-corrected chi connectivity index (χ1v) is 8.80. The van der Waals surface area contributed by atoms with Gasteiger partial charge in [-0.3, -0.25) is 0 Å². The Balaban J connectivity index is 2.38. The molecule has 0 N–H and O–H groups in total. The molecule has 0 heterocycles. The number of halogens is 1. The Kier molecular flexibility index (Phi) is 6.00. The molecular formula is C20H25BrN2. The molecule has 23 heavy (non-hydrogen) atoms. The average Bonchev–Trinajstić information content (AvgIpc) is 2.54. The van der Waals surface area contributed by atoms with Gasteiger partial charge >= 0.3 is 0 Å². The van der Waals surface area contributed by atoms with Gasteiger partial charge in [-0.05, 0) is 77.9 Å². The highest BCUT2D eigenvalue weighted by Crippen LogP contribution is 2.35. The maximum Gasteiger partial charge on any atom is 0.0910 e. The fourth-order valence-electron chi connectivity index (χ4n) is 2.52.